The van der Waals surface area contributed by atoms with Crippen molar-refractivity contribution in [1.82, 2.24) is 0 Å². The molecular formula is C10H21O3P. The molecule has 4 heteroatoms. The molecule has 0 amide bonds. The monoisotopic (exact) mass is 220 g/mol. The molecule has 0 bridgehead atoms. The predicted octanol–water partition coefficient (Wildman–Crippen LogP) is 3.44. The van der Waals surface area contributed by atoms with Crippen LogP contribution in [0.3, 0.4) is 0 Å². The van der Waals surface area contributed by atoms with Crippen molar-refractivity contribution in [3.63, 3.8) is 0 Å². The molecule has 1 saturated carbocycles. The Morgan fingerprint density at radius 1 is 1.21 bits per heavy atom. The Kier molecular flexibility index (Phi) is 4.62. The van der Waals surface area contributed by atoms with Crippen molar-refractivity contribution in [2.24, 2.45) is 5.92 Å². The first-order valence-electron chi connectivity index (χ1n) is 5.52. The second kappa shape index (κ2) is 5.29. The van der Waals surface area contributed by atoms with Gasteiger partial charge in [0, 0.05) is 0 Å². The van der Waals surface area contributed by atoms with Gasteiger partial charge in [0.25, 0.3) is 0 Å². The smallest absolute Gasteiger partial charge is 0.309 e. The van der Waals surface area contributed by atoms with Gasteiger partial charge >= 0.3 is 7.60 Å². The molecule has 84 valence electrons. The normalized spacial score (nSPS) is 28.2. The van der Waals surface area contributed by atoms with E-state index >= 15 is 0 Å². The summed E-state index contributed by atoms with van der Waals surface area (Å²) in [5, 5.41) is 0. The van der Waals surface area contributed by atoms with Crippen LogP contribution in [0.15, 0.2) is 0 Å². The van der Waals surface area contributed by atoms with Gasteiger partial charge in [0.05, 0.1) is 18.9 Å². The highest BCUT2D eigenvalue weighted by atomic mass is 31.2. The molecular weight excluding hydrogens is 199 g/mol. The zero-order valence-corrected chi connectivity index (χ0v) is 10.3. The molecule has 3 nitrogen and oxygen atoms in total. The Balaban J connectivity index is 2.70. The summed E-state index contributed by atoms with van der Waals surface area (Å²) < 4.78 is 23.1. The molecule has 0 spiro atoms. The highest BCUT2D eigenvalue weighted by molar-refractivity contribution is 7.54. The van der Waals surface area contributed by atoms with E-state index in [1.807, 2.05) is 13.8 Å². The van der Waals surface area contributed by atoms with Gasteiger partial charge < -0.3 is 9.05 Å². The Hall–Kier alpha value is 0.150. The Bertz CT molecular complexity index is 207. The van der Waals surface area contributed by atoms with E-state index in [2.05, 4.69) is 6.92 Å². The summed E-state index contributed by atoms with van der Waals surface area (Å²) in [5.41, 5.74) is 0.127. The van der Waals surface area contributed by atoms with E-state index in [1.54, 1.807) is 0 Å². The second-order valence-electron chi connectivity index (χ2n) is 3.85. The Morgan fingerprint density at radius 3 is 2.14 bits per heavy atom. The fourth-order valence-corrected chi connectivity index (χ4v) is 4.63. The van der Waals surface area contributed by atoms with Crippen molar-refractivity contribution in [3.05, 3.63) is 0 Å². The Labute approximate surface area is 86.7 Å². The van der Waals surface area contributed by atoms with Crippen LogP contribution < -0.4 is 0 Å². The molecule has 0 aromatic rings. The summed E-state index contributed by atoms with van der Waals surface area (Å²) in [5.74, 6) is 0.471. The van der Waals surface area contributed by atoms with Gasteiger partial charge in [-0.1, -0.05) is 13.3 Å². The molecule has 0 unspecified atom stereocenters. The first-order valence-corrected chi connectivity index (χ1v) is 7.14. The van der Waals surface area contributed by atoms with Crippen LogP contribution in [0.1, 0.15) is 40.0 Å². The van der Waals surface area contributed by atoms with E-state index in [0.717, 1.165) is 19.3 Å². The average molecular weight is 220 g/mol. The fourth-order valence-electron chi connectivity index (χ4n) is 2.18. The highest BCUT2D eigenvalue weighted by Crippen LogP contribution is 2.59. The second-order valence-corrected chi connectivity index (χ2v) is 6.11. The molecule has 0 saturated heterocycles. The van der Waals surface area contributed by atoms with Gasteiger partial charge in [0.1, 0.15) is 0 Å². The fraction of sp³-hybridized carbons (Fsp3) is 1.00. The van der Waals surface area contributed by atoms with Gasteiger partial charge in [-0.25, -0.2) is 0 Å². The van der Waals surface area contributed by atoms with E-state index in [1.165, 1.54) is 0 Å². The summed E-state index contributed by atoms with van der Waals surface area (Å²) >= 11 is 0. The number of hydrogen-bond donors (Lipinski definition) is 0. The van der Waals surface area contributed by atoms with Crippen LogP contribution in [0, 0.1) is 5.92 Å². The lowest BCUT2D eigenvalue weighted by atomic mass is 10.1. The van der Waals surface area contributed by atoms with E-state index in [-0.39, 0.29) is 5.66 Å². The first-order chi connectivity index (χ1) is 6.64. The maximum Gasteiger partial charge on any atom is 0.333 e. The number of hydrogen-bond acceptors (Lipinski definition) is 3. The third kappa shape index (κ3) is 2.59. The first kappa shape index (κ1) is 12.2. The standard InChI is InChI=1S/C10H21O3P/c1-4-12-14(11,13-5-2)10-8-6-7-9(10)3/h9-10H,4-8H2,1-3H3/t9-,10+/m1/s1. The van der Waals surface area contributed by atoms with Crippen LogP contribution in [0.25, 0.3) is 0 Å². The molecule has 2 atom stereocenters. The van der Waals surface area contributed by atoms with Crippen molar-refractivity contribution in [2.45, 2.75) is 45.7 Å². The largest absolute Gasteiger partial charge is 0.333 e. The minimum atomic E-state index is -2.82. The van der Waals surface area contributed by atoms with Crippen molar-refractivity contribution in [1.29, 1.82) is 0 Å². The molecule has 1 aliphatic carbocycles. The van der Waals surface area contributed by atoms with Crippen molar-refractivity contribution in [3.8, 4) is 0 Å². The van der Waals surface area contributed by atoms with E-state index < -0.39 is 7.60 Å². The van der Waals surface area contributed by atoms with Crippen LogP contribution in [0.5, 0.6) is 0 Å². The SMILES string of the molecule is CCOP(=O)(OCC)[C@H]1CCC[C@H]1C. The minimum absolute atomic E-state index is 0.127. The number of rotatable bonds is 5. The third-order valence-electron chi connectivity index (χ3n) is 2.84. The van der Waals surface area contributed by atoms with Crippen molar-refractivity contribution >= 4 is 7.60 Å². The molecule has 0 heterocycles. The van der Waals surface area contributed by atoms with Crippen LogP contribution in [-0.2, 0) is 13.6 Å². The summed E-state index contributed by atoms with van der Waals surface area (Å²) in [6, 6.07) is 0. The average Bonchev–Trinajstić information content (AvgIpc) is 2.52. The van der Waals surface area contributed by atoms with Gasteiger partial charge in [-0.15, -0.1) is 0 Å². The molecule has 0 aromatic carbocycles. The summed E-state index contributed by atoms with van der Waals surface area (Å²) in [4.78, 5) is 0. The molecule has 1 aliphatic rings. The van der Waals surface area contributed by atoms with E-state index in [9.17, 15) is 4.57 Å². The highest BCUT2D eigenvalue weighted by Gasteiger charge is 2.41. The van der Waals surface area contributed by atoms with Crippen LogP contribution in [-0.4, -0.2) is 18.9 Å². The summed E-state index contributed by atoms with van der Waals surface area (Å²) in [6.45, 7) is 6.82. The summed E-state index contributed by atoms with van der Waals surface area (Å²) in [6.07, 6.45) is 3.28. The predicted molar refractivity (Wildman–Crippen MR) is 57.7 cm³/mol. The quantitative estimate of drug-likeness (QED) is 0.666. The van der Waals surface area contributed by atoms with E-state index in [0.29, 0.717) is 19.1 Å². The lowest BCUT2D eigenvalue weighted by molar-refractivity contribution is 0.207. The lowest BCUT2D eigenvalue weighted by Crippen LogP contribution is -2.15. The zero-order valence-electron chi connectivity index (χ0n) is 9.36. The van der Waals surface area contributed by atoms with Crippen molar-refractivity contribution < 1.29 is 13.6 Å². The van der Waals surface area contributed by atoms with E-state index in [4.69, 9.17) is 9.05 Å². The molecule has 1 fully saturated rings. The third-order valence-corrected chi connectivity index (χ3v) is 5.66. The van der Waals surface area contributed by atoms with Gasteiger partial charge in [0.15, 0.2) is 0 Å². The topological polar surface area (TPSA) is 35.5 Å². The van der Waals surface area contributed by atoms with Gasteiger partial charge in [0.2, 0.25) is 0 Å². The Morgan fingerprint density at radius 2 is 1.79 bits per heavy atom. The van der Waals surface area contributed by atoms with Crippen LogP contribution in [0.2, 0.25) is 0 Å². The maximum absolute atomic E-state index is 12.4. The molecule has 0 N–H and O–H groups in total. The van der Waals surface area contributed by atoms with Gasteiger partial charge in [-0.3, -0.25) is 4.57 Å². The molecule has 0 aromatic heterocycles. The maximum atomic E-state index is 12.4. The summed E-state index contributed by atoms with van der Waals surface area (Å²) in [7, 11) is -2.82. The molecule has 1 rings (SSSR count). The van der Waals surface area contributed by atoms with Gasteiger partial charge in [-0.2, -0.15) is 0 Å². The minimum Gasteiger partial charge on any atom is -0.309 e. The molecule has 0 aliphatic heterocycles. The molecule has 14 heavy (non-hydrogen) atoms. The van der Waals surface area contributed by atoms with Crippen molar-refractivity contribution in [2.75, 3.05) is 13.2 Å². The lowest BCUT2D eigenvalue weighted by Gasteiger charge is -2.25. The molecule has 0 radical (unpaired) electrons. The zero-order chi connectivity index (χ0) is 10.6. The van der Waals surface area contributed by atoms with Crippen LogP contribution in [0.4, 0.5) is 0 Å². The van der Waals surface area contributed by atoms with Gasteiger partial charge in [-0.05, 0) is 32.6 Å². The van der Waals surface area contributed by atoms with Crippen LogP contribution >= 0.6 is 7.60 Å².